The molecule has 1 saturated carbocycles. The molecule has 112 valence electrons. The lowest BCUT2D eigenvalue weighted by Crippen LogP contribution is -2.30. The number of hydrogen-bond donors (Lipinski definition) is 2. The summed E-state index contributed by atoms with van der Waals surface area (Å²) in [6.07, 6.45) is 6.44. The fourth-order valence-corrected chi connectivity index (χ4v) is 2.78. The van der Waals surface area contributed by atoms with Gasteiger partial charge in [-0.1, -0.05) is 18.7 Å². The van der Waals surface area contributed by atoms with Crippen molar-refractivity contribution in [3.63, 3.8) is 0 Å². The Kier molecular flexibility index (Phi) is 4.18. The average Bonchev–Trinajstić information content (AvgIpc) is 3.02. The standard InChI is InChI=1S/C12H17N7OS/c1-2-9(11-13-5-6-14-11)15-10(20)7-21-12-16-17-18-19(12)8-3-4-8/h5-6,8-9H,2-4,7H2,1H3,(H,13,14)(H,15,20). The number of amides is 1. The zero-order chi connectivity index (χ0) is 14.7. The third-order valence-electron chi connectivity index (χ3n) is 3.28. The van der Waals surface area contributed by atoms with E-state index in [9.17, 15) is 4.79 Å². The van der Waals surface area contributed by atoms with Gasteiger partial charge in [-0.05, 0) is 29.7 Å². The molecule has 0 spiro atoms. The van der Waals surface area contributed by atoms with Crippen molar-refractivity contribution < 1.29 is 4.79 Å². The molecule has 2 aromatic heterocycles. The number of tetrazole rings is 1. The molecular formula is C12H17N7OS. The van der Waals surface area contributed by atoms with Gasteiger partial charge >= 0.3 is 0 Å². The minimum atomic E-state index is -0.0903. The highest BCUT2D eigenvalue weighted by molar-refractivity contribution is 7.99. The Hall–Kier alpha value is -1.90. The largest absolute Gasteiger partial charge is 0.347 e. The number of imidazole rings is 1. The molecule has 0 saturated heterocycles. The molecule has 2 aromatic rings. The summed E-state index contributed by atoms with van der Waals surface area (Å²) in [4.78, 5) is 19.3. The SMILES string of the molecule is CCC(NC(=O)CSc1nnnn1C1CC1)c1ncc[nH]1. The fraction of sp³-hybridized carbons (Fsp3) is 0.583. The summed E-state index contributed by atoms with van der Waals surface area (Å²) in [5, 5.41) is 15.3. The van der Waals surface area contributed by atoms with Gasteiger partial charge in [-0.3, -0.25) is 4.79 Å². The van der Waals surface area contributed by atoms with E-state index in [1.165, 1.54) is 11.8 Å². The number of carbonyl (C=O) groups is 1. The van der Waals surface area contributed by atoms with E-state index in [0.29, 0.717) is 17.0 Å². The van der Waals surface area contributed by atoms with Crippen LogP contribution < -0.4 is 5.32 Å². The summed E-state index contributed by atoms with van der Waals surface area (Å²) in [5.74, 6) is 1.02. The lowest BCUT2D eigenvalue weighted by atomic mass is 10.2. The van der Waals surface area contributed by atoms with Crippen LogP contribution in [0, 0.1) is 0 Å². The normalized spacial score (nSPS) is 15.9. The van der Waals surface area contributed by atoms with Crippen molar-refractivity contribution in [2.24, 2.45) is 0 Å². The Balaban J connectivity index is 1.53. The van der Waals surface area contributed by atoms with E-state index >= 15 is 0 Å². The highest BCUT2D eigenvalue weighted by Crippen LogP contribution is 2.36. The zero-order valence-electron chi connectivity index (χ0n) is 11.7. The molecule has 3 rings (SSSR count). The number of nitrogens with one attached hydrogen (secondary N) is 2. The van der Waals surface area contributed by atoms with E-state index in [2.05, 4.69) is 30.8 Å². The Bertz CT molecular complexity index is 593. The number of aromatic amines is 1. The quantitative estimate of drug-likeness (QED) is 0.743. The minimum Gasteiger partial charge on any atom is -0.347 e. The van der Waals surface area contributed by atoms with Gasteiger partial charge in [-0.2, -0.15) is 0 Å². The van der Waals surface area contributed by atoms with E-state index in [1.807, 2.05) is 11.6 Å². The Morgan fingerprint density at radius 2 is 2.48 bits per heavy atom. The molecule has 0 aromatic carbocycles. The Labute approximate surface area is 126 Å². The highest BCUT2D eigenvalue weighted by atomic mass is 32.2. The second-order valence-electron chi connectivity index (χ2n) is 4.93. The summed E-state index contributed by atoms with van der Waals surface area (Å²) < 4.78 is 1.81. The molecule has 21 heavy (non-hydrogen) atoms. The van der Waals surface area contributed by atoms with Gasteiger partial charge in [-0.25, -0.2) is 9.67 Å². The molecule has 8 nitrogen and oxygen atoms in total. The van der Waals surface area contributed by atoms with Gasteiger partial charge in [0.1, 0.15) is 5.82 Å². The molecule has 1 amide bonds. The average molecular weight is 307 g/mol. The molecule has 0 radical (unpaired) electrons. The predicted octanol–water partition coefficient (Wildman–Crippen LogP) is 1.09. The zero-order valence-corrected chi connectivity index (χ0v) is 12.5. The molecule has 2 N–H and O–H groups in total. The maximum Gasteiger partial charge on any atom is 0.231 e. The molecule has 0 aliphatic heterocycles. The third kappa shape index (κ3) is 3.41. The molecule has 2 heterocycles. The van der Waals surface area contributed by atoms with Gasteiger partial charge in [0.25, 0.3) is 0 Å². The van der Waals surface area contributed by atoms with Crippen molar-refractivity contribution in [2.75, 3.05) is 5.75 Å². The molecular weight excluding hydrogens is 290 g/mol. The second kappa shape index (κ2) is 6.25. The van der Waals surface area contributed by atoms with Gasteiger partial charge in [0.15, 0.2) is 0 Å². The first-order valence-corrected chi connectivity index (χ1v) is 7.95. The number of aromatic nitrogens is 6. The highest BCUT2D eigenvalue weighted by Gasteiger charge is 2.28. The van der Waals surface area contributed by atoms with Crippen molar-refractivity contribution in [1.82, 2.24) is 35.5 Å². The van der Waals surface area contributed by atoms with Crippen LogP contribution in [0.15, 0.2) is 17.6 Å². The van der Waals surface area contributed by atoms with Crippen molar-refractivity contribution in [2.45, 2.75) is 43.4 Å². The Morgan fingerprint density at radius 3 is 3.14 bits per heavy atom. The summed E-state index contributed by atoms with van der Waals surface area (Å²) in [6, 6.07) is 0.324. The van der Waals surface area contributed by atoms with E-state index in [-0.39, 0.29) is 11.9 Å². The van der Waals surface area contributed by atoms with Gasteiger partial charge in [-0.15, -0.1) is 5.10 Å². The van der Waals surface area contributed by atoms with Crippen molar-refractivity contribution in [3.05, 3.63) is 18.2 Å². The number of hydrogen-bond acceptors (Lipinski definition) is 6. The molecule has 1 unspecified atom stereocenters. The first kappa shape index (κ1) is 14.1. The first-order chi connectivity index (χ1) is 10.3. The second-order valence-corrected chi connectivity index (χ2v) is 5.87. The summed E-state index contributed by atoms with van der Waals surface area (Å²) in [5.41, 5.74) is 0. The van der Waals surface area contributed by atoms with Crippen LogP contribution in [0.3, 0.4) is 0 Å². The van der Waals surface area contributed by atoms with Gasteiger partial charge in [0.2, 0.25) is 11.1 Å². The number of carbonyl (C=O) groups excluding carboxylic acids is 1. The van der Waals surface area contributed by atoms with Crippen LogP contribution in [-0.2, 0) is 4.79 Å². The van der Waals surface area contributed by atoms with Crippen LogP contribution in [0.1, 0.15) is 44.1 Å². The van der Waals surface area contributed by atoms with Gasteiger partial charge in [0.05, 0.1) is 17.8 Å². The molecule has 9 heteroatoms. The van der Waals surface area contributed by atoms with Crippen molar-refractivity contribution in [3.8, 4) is 0 Å². The first-order valence-electron chi connectivity index (χ1n) is 6.97. The lowest BCUT2D eigenvalue weighted by Gasteiger charge is -2.14. The van der Waals surface area contributed by atoms with Crippen LogP contribution in [0.4, 0.5) is 0 Å². The predicted molar refractivity (Wildman–Crippen MR) is 76.6 cm³/mol. The number of nitrogens with zero attached hydrogens (tertiary/aromatic N) is 5. The van der Waals surface area contributed by atoms with Gasteiger partial charge < -0.3 is 10.3 Å². The van der Waals surface area contributed by atoms with Crippen molar-refractivity contribution >= 4 is 17.7 Å². The summed E-state index contributed by atoms with van der Waals surface area (Å²) in [7, 11) is 0. The molecule has 1 aliphatic carbocycles. The summed E-state index contributed by atoms with van der Waals surface area (Å²) >= 11 is 1.36. The molecule has 1 aliphatic rings. The van der Waals surface area contributed by atoms with Crippen molar-refractivity contribution in [1.29, 1.82) is 0 Å². The van der Waals surface area contributed by atoms with E-state index < -0.39 is 0 Å². The fourth-order valence-electron chi connectivity index (χ4n) is 2.03. The van der Waals surface area contributed by atoms with E-state index in [1.54, 1.807) is 12.4 Å². The number of thioether (sulfide) groups is 1. The van der Waals surface area contributed by atoms with E-state index in [4.69, 9.17) is 0 Å². The lowest BCUT2D eigenvalue weighted by molar-refractivity contribution is -0.119. The minimum absolute atomic E-state index is 0.0476. The third-order valence-corrected chi connectivity index (χ3v) is 4.21. The molecule has 1 atom stereocenters. The Morgan fingerprint density at radius 1 is 1.62 bits per heavy atom. The smallest absolute Gasteiger partial charge is 0.231 e. The topological polar surface area (TPSA) is 101 Å². The monoisotopic (exact) mass is 307 g/mol. The van der Waals surface area contributed by atoms with Crippen LogP contribution in [0.5, 0.6) is 0 Å². The molecule has 1 fully saturated rings. The van der Waals surface area contributed by atoms with E-state index in [0.717, 1.165) is 25.1 Å². The maximum absolute atomic E-state index is 12.0. The van der Waals surface area contributed by atoms with Crippen LogP contribution >= 0.6 is 11.8 Å². The molecule has 0 bridgehead atoms. The van der Waals surface area contributed by atoms with Gasteiger partial charge in [0, 0.05) is 12.4 Å². The maximum atomic E-state index is 12.0. The van der Waals surface area contributed by atoms with Crippen LogP contribution in [0.2, 0.25) is 0 Å². The summed E-state index contributed by atoms with van der Waals surface area (Å²) in [6.45, 7) is 2.01. The van der Waals surface area contributed by atoms with Crippen LogP contribution in [0.25, 0.3) is 0 Å². The van der Waals surface area contributed by atoms with Crippen LogP contribution in [-0.4, -0.2) is 41.8 Å². The number of H-pyrrole nitrogens is 1. The number of rotatable bonds is 7.